The summed E-state index contributed by atoms with van der Waals surface area (Å²) in [6.45, 7) is 24.9. The molecule has 6 amide bonds. The average Bonchev–Trinajstić information content (AvgIpc) is 3.67. The molecule has 0 aliphatic rings. The molecule has 0 spiro atoms. The van der Waals surface area contributed by atoms with Crippen molar-refractivity contribution in [2.75, 3.05) is 314 Å². The maximum atomic E-state index is 13.5. The second-order valence-corrected chi connectivity index (χ2v) is 23.5. The van der Waals surface area contributed by atoms with Gasteiger partial charge in [-0.3, -0.25) is 63.1 Å². The van der Waals surface area contributed by atoms with E-state index in [4.69, 9.17) is 68.8 Å². The summed E-state index contributed by atoms with van der Waals surface area (Å²) in [4.78, 5) is 102. The Morgan fingerprint density at radius 2 is 0.266 bits per heavy atom. The first-order chi connectivity index (χ1) is 45.6. The van der Waals surface area contributed by atoms with Gasteiger partial charge in [0.05, 0.1) is 0 Å². The zero-order chi connectivity index (χ0) is 69.7. The summed E-state index contributed by atoms with van der Waals surface area (Å²) in [7, 11) is 0. The Hall–Kier alpha value is -4.06. The molecule has 0 saturated carbocycles. The van der Waals surface area contributed by atoms with Gasteiger partial charge < -0.3 is 115 Å². The molecular weight excluding hydrogens is 1210 g/mol. The van der Waals surface area contributed by atoms with E-state index in [0.717, 1.165) is 0 Å². The van der Waals surface area contributed by atoms with Crippen molar-refractivity contribution >= 4 is 35.4 Å². The third-order valence-corrected chi connectivity index (χ3v) is 16.0. The number of nitrogens with zero attached hydrogens (tertiary/aromatic N) is 10. The number of nitrogens with two attached hydrogens (primary N) is 12. The van der Waals surface area contributed by atoms with Crippen LogP contribution in [0.1, 0.15) is 38.5 Å². The summed E-state index contributed by atoms with van der Waals surface area (Å²) >= 11 is 0. The summed E-state index contributed by atoms with van der Waals surface area (Å²) in [5.41, 5.74) is 70.1. The van der Waals surface area contributed by atoms with Crippen molar-refractivity contribution in [1.82, 2.24) is 80.9 Å². The number of nitrogens with one attached hydrogen (secondary N) is 6. The molecule has 0 fully saturated rings. The topological polar surface area (TPSA) is 519 Å². The predicted molar refractivity (Wildman–Crippen MR) is 379 cm³/mol. The lowest BCUT2D eigenvalue weighted by molar-refractivity contribution is -0.123. The zero-order valence-corrected chi connectivity index (χ0v) is 58.0. The van der Waals surface area contributed by atoms with Crippen molar-refractivity contribution in [2.24, 2.45) is 68.8 Å². The van der Waals surface area contributed by atoms with E-state index < -0.39 is 0 Å². The van der Waals surface area contributed by atoms with Crippen LogP contribution in [-0.4, -0.2) is 399 Å². The molecule has 0 aliphatic heterocycles. The summed E-state index contributed by atoms with van der Waals surface area (Å²) in [5.74, 6) is -0.762. The van der Waals surface area contributed by atoms with Crippen LogP contribution in [0.15, 0.2) is 0 Å². The highest BCUT2D eigenvalue weighted by Crippen LogP contribution is 2.05. The van der Waals surface area contributed by atoms with Crippen LogP contribution in [-0.2, 0) is 28.8 Å². The molecule has 0 atom stereocenters. The van der Waals surface area contributed by atoms with E-state index >= 15 is 0 Å². The number of hydrogen-bond donors (Lipinski definition) is 18. The monoisotopic (exact) mass is 1350 g/mol. The minimum atomic E-state index is -0.127. The third-order valence-electron chi connectivity index (χ3n) is 16.0. The zero-order valence-electron chi connectivity index (χ0n) is 58.0. The lowest BCUT2D eigenvalue weighted by Gasteiger charge is -2.32. The highest BCUT2D eigenvalue weighted by atomic mass is 16.2. The quantitative estimate of drug-likeness (QED) is 0.0269. The van der Waals surface area contributed by atoms with Crippen LogP contribution in [0, 0.1) is 0 Å². The van der Waals surface area contributed by atoms with Crippen LogP contribution in [0.4, 0.5) is 0 Å². The summed E-state index contributed by atoms with van der Waals surface area (Å²) < 4.78 is 0. The number of carbonyl (C=O) groups is 6. The van der Waals surface area contributed by atoms with Crippen molar-refractivity contribution in [1.29, 1.82) is 0 Å². The maximum absolute atomic E-state index is 13.5. The molecule has 0 aromatic heterocycles. The average molecular weight is 1350 g/mol. The SMILES string of the molecule is NCCN(CCN)CCNC(=O)CCN(CCC(=O)NCCN(CCN)CCN)CCN(CCN(CCC(=O)NCCN(CCN)CCN)CCC(=O)NCCN(CCN)CCN)CCN(CCC(=O)NCCN(CCN)CCN)CCC(=O)NCCN(CCN)CCN. The first-order valence-corrected chi connectivity index (χ1v) is 34.9. The van der Waals surface area contributed by atoms with Gasteiger partial charge in [-0.2, -0.15) is 0 Å². The molecule has 0 heterocycles. The van der Waals surface area contributed by atoms with Gasteiger partial charge in [0.25, 0.3) is 0 Å². The van der Waals surface area contributed by atoms with Gasteiger partial charge in [-0.05, 0) is 0 Å². The van der Waals surface area contributed by atoms with Crippen molar-refractivity contribution in [2.45, 2.75) is 38.5 Å². The number of carbonyl (C=O) groups excluding carboxylic acids is 6. The summed E-state index contributed by atoms with van der Waals surface area (Å²) in [6, 6.07) is 0. The normalized spacial score (nSPS) is 11.9. The molecule has 0 saturated heterocycles. The number of amides is 6. The molecule has 34 heteroatoms. The number of rotatable bonds is 69. The fourth-order valence-corrected chi connectivity index (χ4v) is 10.6. The highest BCUT2D eigenvalue weighted by molar-refractivity contribution is 5.78. The molecule has 0 aromatic carbocycles. The standard InChI is InChI=1S/C60H138N28O6/c61-7-31-82(32-8-62)43-19-73-55(89)1-25-79(26-2-56(90)74-20-44-83(33-9-63)34-10-64)49-52-88(53-50-80(27-3-57(91)75-21-45-84(35-11-65)36-12-66)28-4-58(92)76-22-46-85(37-13-67)38-14-68)54-51-81(29-5-59(93)77-23-47-86(39-15-69)40-16-70)30-6-60(94)78-24-48-87(41-17-71)42-18-72/h1-54,61-72H2,(H,73,89)(H,74,90)(H,75,91)(H,76,92)(H,77,93)(H,78,94). The van der Waals surface area contributed by atoms with E-state index in [1.54, 1.807) is 0 Å². The van der Waals surface area contributed by atoms with Gasteiger partial charge >= 0.3 is 0 Å². The van der Waals surface area contributed by atoms with E-state index in [9.17, 15) is 28.8 Å². The maximum Gasteiger partial charge on any atom is 0.221 e. The van der Waals surface area contributed by atoms with E-state index in [2.05, 4.69) is 80.9 Å². The minimum absolute atomic E-state index is 0.127. The second-order valence-electron chi connectivity index (χ2n) is 23.5. The van der Waals surface area contributed by atoms with Crippen LogP contribution in [0.5, 0.6) is 0 Å². The molecule has 30 N–H and O–H groups in total. The third kappa shape index (κ3) is 52.1. The molecule has 0 unspecified atom stereocenters. The first kappa shape index (κ1) is 89.9. The van der Waals surface area contributed by atoms with Crippen molar-refractivity contribution < 1.29 is 28.8 Å². The van der Waals surface area contributed by atoms with Crippen LogP contribution in [0.25, 0.3) is 0 Å². The van der Waals surface area contributed by atoms with Crippen LogP contribution < -0.4 is 101 Å². The predicted octanol–water partition coefficient (Wildman–Crippen LogP) is -11.5. The van der Waals surface area contributed by atoms with E-state index in [0.29, 0.717) is 314 Å². The first-order valence-electron chi connectivity index (χ1n) is 34.9. The Morgan fingerprint density at radius 3 is 0.383 bits per heavy atom. The smallest absolute Gasteiger partial charge is 0.221 e. The lowest BCUT2D eigenvalue weighted by Crippen LogP contribution is -2.46. The van der Waals surface area contributed by atoms with Crippen LogP contribution >= 0.6 is 0 Å². The van der Waals surface area contributed by atoms with Gasteiger partial charge in [-0.25, -0.2) is 0 Å². The molecule has 0 radical (unpaired) electrons. The van der Waals surface area contributed by atoms with Gasteiger partial charge in [0.1, 0.15) is 0 Å². The Labute approximate surface area is 564 Å². The molecule has 34 nitrogen and oxygen atoms in total. The molecular formula is C60H138N28O6. The fraction of sp³-hybridized carbons (Fsp3) is 0.900. The molecule has 0 rings (SSSR count). The molecule has 0 aromatic rings. The van der Waals surface area contributed by atoms with Crippen molar-refractivity contribution in [3.8, 4) is 0 Å². The Kier molecular flexibility index (Phi) is 60.9. The van der Waals surface area contributed by atoms with Crippen LogP contribution in [0.2, 0.25) is 0 Å². The van der Waals surface area contributed by atoms with Crippen molar-refractivity contribution in [3.63, 3.8) is 0 Å². The van der Waals surface area contributed by atoms with E-state index in [-0.39, 0.29) is 74.0 Å². The van der Waals surface area contributed by atoms with Crippen molar-refractivity contribution in [3.05, 3.63) is 0 Å². The Balaban J connectivity index is 7.22. The largest absolute Gasteiger partial charge is 0.355 e. The summed E-state index contributed by atoms with van der Waals surface area (Å²) in [5, 5.41) is 18.3. The molecule has 0 aliphatic carbocycles. The lowest BCUT2D eigenvalue weighted by atomic mass is 10.2. The van der Waals surface area contributed by atoms with Crippen LogP contribution in [0.3, 0.4) is 0 Å². The fourth-order valence-electron chi connectivity index (χ4n) is 10.6. The molecule has 554 valence electrons. The Bertz CT molecular complexity index is 1500. The summed E-state index contributed by atoms with van der Waals surface area (Å²) in [6.07, 6.45) is 1.11. The second kappa shape index (κ2) is 63.7. The van der Waals surface area contributed by atoms with Gasteiger partial charge in [-0.1, -0.05) is 0 Å². The van der Waals surface area contributed by atoms with E-state index in [1.165, 1.54) is 0 Å². The molecule has 0 bridgehead atoms. The van der Waals surface area contributed by atoms with Gasteiger partial charge in [0.2, 0.25) is 35.4 Å². The minimum Gasteiger partial charge on any atom is -0.355 e. The highest BCUT2D eigenvalue weighted by Gasteiger charge is 2.20. The van der Waals surface area contributed by atoms with Gasteiger partial charge in [0, 0.05) is 353 Å². The number of hydrogen-bond acceptors (Lipinski definition) is 28. The van der Waals surface area contributed by atoms with Gasteiger partial charge in [-0.15, -0.1) is 0 Å². The van der Waals surface area contributed by atoms with Gasteiger partial charge in [0.15, 0.2) is 0 Å². The van der Waals surface area contributed by atoms with E-state index in [1.807, 2.05) is 0 Å². The Morgan fingerprint density at radius 1 is 0.160 bits per heavy atom. The molecule has 94 heavy (non-hydrogen) atoms.